The van der Waals surface area contributed by atoms with Crippen LogP contribution in [0.15, 0.2) is 84.2 Å². The lowest BCUT2D eigenvalue weighted by Gasteiger charge is -2.18. The molecule has 0 saturated carbocycles. The number of hydrogen-bond donors (Lipinski definition) is 1. The molecule has 0 fully saturated rings. The Bertz CT molecular complexity index is 1090. The average molecular weight is 404 g/mol. The number of rotatable bonds is 7. The number of nitrogens with one attached hydrogen (secondary N) is 1. The monoisotopic (exact) mass is 403 g/mol. The number of benzene rings is 3. The van der Waals surface area contributed by atoms with Gasteiger partial charge in [-0.25, -0.2) is 0 Å². The van der Waals surface area contributed by atoms with Crippen LogP contribution in [0.25, 0.3) is 10.8 Å². The molecule has 4 aromatic rings. The summed E-state index contributed by atoms with van der Waals surface area (Å²) in [5.74, 6) is 1.26. The highest BCUT2D eigenvalue weighted by Crippen LogP contribution is 2.27. The molecule has 1 heterocycles. The summed E-state index contributed by atoms with van der Waals surface area (Å²) < 4.78 is 11.0. The van der Waals surface area contributed by atoms with Gasteiger partial charge in [0.05, 0.1) is 13.2 Å². The zero-order valence-corrected chi connectivity index (χ0v) is 16.8. The molecule has 4 nitrogen and oxygen atoms in total. The van der Waals surface area contributed by atoms with E-state index in [1.807, 2.05) is 84.2 Å². The van der Waals surface area contributed by atoms with Crippen LogP contribution in [0.2, 0.25) is 0 Å². The highest BCUT2D eigenvalue weighted by atomic mass is 32.1. The number of ether oxygens (including phenoxy) is 2. The third-order valence-electron chi connectivity index (χ3n) is 4.65. The van der Waals surface area contributed by atoms with Gasteiger partial charge in [-0.2, -0.15) is 0 Å². The molecule has 0 unspecified atom stereocenters. The number of carbonyl (C=O) groups is 1. The SMILES string of the molecule is COc1ccc2ccc(OCC(=O)N[C@@H](c3ccccc3)c3cccs3)cc2c1. The Morgan fingerprint density at radius 1 is 0.931 bits per heavy atom. The lowest BCUT2D eigenvalue weighted by atomic mass is 10.1. The van der Waals surface area contributed by atoms with E-state index in [0.29, 0.717) is 5.75 Å². The topological polar surface area (TPSA) is 47.6 Å². The normalized spacial score (nSPS) is 11.8. The second-order valence-electron chi connectivity index (χ2n) is 6.59. The summed E-state index contributed by atoms with van der Waals surface area (Å²) in [6.07, 6.45) is 0. The van der Waals surface area contributed by atoms with Gasteiger partial charge in [-0.3, -0.25) is 4.79 Å². The smallest absolute Gasteiger partial charge is 0.258 e. The second kappa shape index (κ2) is 8.80. The van der Waals surface area contributed by atoms with Crippen LogP contribution >= 0.6 is 11.3 Å². The van der Waals surface area contributed by atoms with E-state index >= 15 is 0 Å². The van der Waals surface area contributed by atoms with E-state index < -0.39 is 0 Å². The minimum Gasteiger partial charge on any atom is -0.497 e. The van der Waals surface area contributed by atoms with E-state index in [2.05, 4.69) is 5.32 Å². The van der Waals surface area contributed by atoms with E-state index in [9.17, 15) is 4.79 Å². The fourth-order valence-electron chi connectivity index (χ4n) is 3.19. The molecule has 1 aromatic heterocycles. The van der Waals surface area contributed by atoms with Crippen LogP contribution in [-0.4, -0.2) is 19.6 Å². The van der Waals surface area contributed by atoms with Crippen LogP contribution in [-0.2, 0) is 4.79 Å². The van der Waals surface area contributed by atoms with Crippen molar-refractivity contribution in [3.8, 4) is 11.5 Å². The van der Waals surface area contributed by atoms with Gasteiger partial charge in [-0.15, -0.1) is 11.3 Å². The third kappa shape index (κ3) is 4.58. The number of fused-ring (bicyclic) bond motifs is 1. The second-order valence-corrected chi connectivity index (χ2v) is 7.57. The first-order valence-corrected chi connectivity index (χ1v) is 10.2. The fraction of sp³-hybridized carbons (Fsp3) is 0.125. The molecule has 0 saturated heterocycles. The van der Waals surface area contributed by atoms with Gasteiger partial charge in [-0.1, -0.05) is 48.5 Å². The van der Waals surface area contributed by atoms with Crippen LogP contribution in [0, 0.1) is 0 Å². The van der Waals surface area contributed by atoms with Crippen LogP contribution in [0.4, 0.5) is 0 Å². The molecule has 29 heavy (non-hydrogen) atoms. The standard InChI is InChI=1S/C24H21NO3S/c1-27-20-11-9-17-10-12-21(15-19(17)14-20)28-16-23(26)25-24(22-8-5-13-29-22)18-6-3-2-4-7-18/h2-15,24H,16H2,1H3,(H,25,26)/t24-/m0/s1. The summed E-state index contributed by atoms with van der Waals surface area (Å²) in [5.41, 5.74) is 1.04. The number of hydrogen-bond acceptors (Lipinski definition) is 4. The molecule has 1 N–H and O–H groups in total. The maximum atomic E-state index is 12.6. The number of amides is 1. The molecule has 0 aliphatic heterocycles. The van der Waals surface area contributed by atoms with Gasteiger partial charge in [-0.05, 0) is 52.0 Å². The van der Waals surface area contributed by atoms with Crippen molar-refractivity contribution in [1.29, 1.82) is 0 Å². The minimum atomic E-state index is -0.187. The van der Waals surface area contributed by atoms with E-state index in [-0.39, 0.29) is 18.6 Å². The van der Waals surface area contributed by atoms with Crippen molar-refractivity contribution in [3.05, 3.63) is 94.7 Å². The Morgan fingerprint density at radius 2 is 1.69 bits per heavy atom. The van der Waals surface area contributed by atoms with Gasteiger partial charge in [0.15, 0.2) is 6.61 Å². The summed E-state index contributed by atoms with van der Waals surface area (Å²) in [4.78, 5) is 13.7. The molecule has 146 valence electrons. The molecule has 3 aromatic carbocycles. The van der Waals surface area contributed by atoms with E-state index in [1.165, 1.54) is 0 Å². The highest BCUT2D eigenvalue weighted by molar-refractivity contribution is 7.10. The fourth-order valence-corrected chi connectivity index (χ4v) is 3.99. The first-order chi connectivity index (χ1) is 14.2. The van der Waals surface area contributed by atoms with Crippen molar-refractivity contribution in [2.24, 2.45) is 0 Å². The van der Waals surface area contributed by atoms with Gasteiger partial charge in [0.2, 0.25) is 0 Å². The van der Waals surface area contributed by atoms with E-state index in [1.54, 1.807) is 18.4 Å². The maximum Gasteiger partial charge on any atom is 0.258 e. The van der Waals surface area contributed by atoms with Gasteiger partial charge in [0.25, 0.3) is 5.91 Å². The van der Waals surface area contributed by atoms with Crippen molar-refractivity contribution in [3.63, 3.8) is 0 Å². The molecule has 0 bridgehead atoms. The van der Waals surface area contributed by atoms with Gasteiger partial charge in [0.1, 0.15) is 11.5 Å². The summed E-state index contributed by atoms with van der Waals surface area (Å²) in [5, 5.41) is 7.19. The summed E-state index contributed by atoms with van der Waals surface area (Å²) in [6, 6.07) is 25.4. The predicted molar refractivity (Wildman–Crippen MR) is 117 cm³/mol. The number of methoxy groups -OCH3 is 1. The Kier molecular flexibility index (Phi) is 5.77. The number of thiophene rings is 1. The van der Waals surface area contributed by atoms with Crippen molar-refractivity contribution in [2.75, 3.05) is 13.7 Å². The molecule has 1 amide bonds. The number of carbonyl (C=O) groups excluding carboxylic acids is 1. The lowest BCUT2D eigenvalue weighted by Crippen LogP contribution is -2.32. The quantitative estimate of drug-likeness (QED) is 0.462. The zero-order valence-electron chi connectivity index (χ0n) is 16.0. The highest BCUT2D eigenvalue weighted by Gasteiger charge is 2.18. The molecule has 0 radical (unpaired) electrons. The average Bonchev–Trinajstić information content (AvgIpc) is 3.30. The lowest BCUT2D eigenvalue weighted by molar-refractivity contribution is -0.123. The van der Waals surface area contributed by atoms with Crippen LogP contribution in [0.1, 0.15) is 16.5 Å². The molecule has 0 aliphatic carbocycles. The largest absolute Gasteiger partial charge is 0.497 e. The molecule has 1 atom stereocenters. The van der Waals surface area contributed by atoms with Crippen molar-refractivity contribution in [1.82, 2.24) is 5.32 Å². The summed E-state index contributed by atoms with van der Waals surface area (Å²) >= 11 is 1.62. The van der Waals surface area contributed by atoms with Crippen molar-refractivity contribution < 1.29 is 14.3 Å². The Labute approximate surface area is 173 Å². The van der Waals surface area contributed by atoms with Crippen molar-refractivity contribution >= 4 is 28.0 Å². The molecular formula is C24H21NO3S. The first-order valence-electron chi connectivity index (χ1n) is 9.31. The molecular weight excluding hydrogens is 382 g/mol. The zero-order chi connectivity index (χ0) is 20.1. The van der Waals surface area contributed by atoms with Crippen LogP contribution < -0.4 is 14.8 Å². The van der Waals surface area contributed by atoms with Crippen LogP contribution in [0.3, 0.4) is 0 Å². The first kappa shape index (κ1) is 19.0. The Hall–Kier alpha value is -3.31. The van der Waals surface area contributed by atoms with Crippen molar-refractivity contribution in [2.45, 2.75) is 6.04 Å². The van der Waals surface area contributed by atoms with Gasteiger partial charge < -0.3 is 14.8 Å². The molecule has 0 spiro atoms. The van der Waals surface area contributed by atoms with Crippen LogP contribution in [0.5, 0.6) is 11.5 Å². The third-order valence-corrected chi connectivity index (χ3v) is 5.59. The minimum absolute atomic E-state index is 0.0514. The predicted octanol–water partition coefficient (Wildman–Crippen LogP) is 5.19. The van der Waals surface area contributed by atoms with Gasteiger partial charge in [0, 0.05) is 4.88 Å². The van der Waals surface area contributed by atoms with E-state index in [4.69, 9.17) is 9.47 Å². The Morgan fingerprint density at radius 3 is 2.41 bits per heavy atom. The maximum absolute atomic E-state index is 12.6. The summed E-state index contributed by atoms with van der Waals surface area (Å²) in [6.45, 7) is -0.0514. The molecule has 5 heteroatoms. The Balaban J connectivity index is 1.45. The summed E-state index contributed by atoms with van der Waals surface area (Å²) in [7, 11) is 1.64. The molecule has 0 aliphatic rings. The van der Waals surface area contributed by atoms with E-state index in [0.717, 1.165) is 27.0 Å². The molecule has 4 rings (SSSR count). The van der Waals surface area contributed by atoms with Gasteiger partial charge >= 0.3 is 0 Å².